The van der Waals surface area contributed by atoms with Gasteiger partial charge in [-0.15, -0.1) is 6.58 Å². The molecule has 0 aliphatic heterocycles. The first-order chi connectivity index (χ1) is 19.0. The average molecular weight is 537 g/mol. The first-order valence-corrected chi connectivity index (χ1v) is 13.4. The third kappa shape index (κ3) is 7.35. The Bertz CT molecular complexity index is 1400. The molecule has 0 atom stereocenters. The molecule has 0 aliphatic carbocycles. The van der Waals surface area contributed by atoms with Crippen LogP contribution >= 0.6 is 0 Å². The van der Waals surface area contributed by atoms with Gasteiger partial charge in [0, 0.05) is 10.8 Å². The van der Waals surface area contributed by atoms with E-state index in [-0.39, 0.29) is 22.3 Å². The van der Waals surface area contributed by atoms with Crippen molar-refractivity contribution in [2.75, 3.05) is 6.61 Å². The van der Waals surface area contributed by atoms with Crippen molar-refractivity contribution < 1.29 is 20.1 Å². The van der Waals surface area contributed by atoms with Gasteiger partial charge in [-0.25, -0.2) is 0 Å². The minimum Gasteiger partial charge on any atom is -0.508 e. The van der Waals surface area contributed by atoms with Crippen molar-refractivity contribution >= 4 is 0 Å². The van der Waals surface area contributed by atoms with Crippen LogP contribution in [0.3, 0.4) is 0 Å². The fraction of sp³-hybridized carbons (Fsp3) is 0.222. The van der Waals surface area contributed by atoms with E-state index in [1.54, 1.807) is 42.5 Å². The highest BCUT2D eigenvalue weighted by atomic mass is 16.5. The van der Waals surface area contributed by atoms with Crippen LogP contribution in [0.2, 0.25) is 0 Å². The molecule has 0 fully saturated rings. The monoisotopic (exact) mass is 536 g/mol. The zero-order valence-corrected chi connectivity index (χ0v) is 23.9. The van der Waals surface area contributed by atoms with E-state index in [2.05, 4.69) is 53.0 Å². The van der Waals surface area contributed by atoms with Crippen LogP contribution in [-0.2, 0) is 17.3 Å². The van der Waals surface area contributed by atoms with Gasteiger partial charge in [0.2, 0.25) is 0 Å². The molecule has 0 spiro atoms. The maximum atomic E-state index is 9.86. The molecule has 0 bridgehead atoms. The standard InChI is InChI=1S/2C18H20O2/c1-4-13-20-17-11-7-15(8-12-17)18(2,3)14-5-9-16(19)10-6-14;1-4-5-13-12-15(8-11-17(13)20)18(2,3)14-6-9-16(19)10-7-14/h4-12,19H,1,13H2,2-3H3;4,6-12,19-20H,1,5H2,2-3H3. The molecular formula is C36H40O4. The lowest BCUT2D eigenvalue weighted by atomic mass is 9.77. The number of hydrogen-bond donors (Lipinski definition) is 3. The smallest absolute Gasteiger partial charge is 0.119 e. The lowest BCUT2D eigenvalue weighted by Crippen LogP contribution is -2.19. The molecule has 0 radical (unpaired) electrons. The molecule has 3 N–H and O–H groups in total. The van der Waals surface area contributed by atoms with Crippen molar-refractivity contribution in [3.63, 3.8) is 0 Å². The van der Waals surface area contributed by atoms with E-state index in [1.807, 2.05) is 48.5 Å². The zero-order valence-electron chi connectivity index (χ0n) is 23.9. The van der Waals surface area contributed by atoms with Crippen molar-refractivity contribution in [2.24, 2.45) is 0 Å². The summed E-state index contributed by atoms with van der Waals surface area (Å²) in [6, 6.07) is 28.4. The summed E-state index contributed by atoms with van der Waals surface area (Å²) in [5, 5.41) is 28.6. The van der Waals surface area contributed by atoms with E-state index in [4.69, 9.17) is 4.74 Å². The number of benzene rings is 4. The Kier molecular flexibility index (Phi) is 9.84. The molecule has 0 saturated heterocycles. The quantitative estimate of drug-likeness (QED) is 0.188. The van der Waals surface area contributed by atoms with Crippen molar-refractivity contribution in [3.8, 4) is 23.0 Å². The van der Waals surface area contributed by atoms with Gasteiger partial charge in [0.15, 0.2) is 0 Å². The molecule has 4 aromatic rings. The second kappa shape index (κ2) is 13.1. The van der Waals surface area contributed by atoms with Crippen LogP contribution in [0.5, 0.6) is 23.0 Å². The zero-order chi connectivity index (χ0) is 29.3. The number of aromatic hydroxyl groups is 3. The summed E-state index contributed by atoms with van der Waals surface area (Å²) in [6.45, 7) is 16.5. The summed E-state index contributed by atoms with van der Waals surface area (Å²) in [6.07, 6.45) is 4.16. The molecule has 4 aromatic carbocycles. The molecule has 0 aliphatic rings. The number of phenols is 3. The Morgan fingerprint density at radius 3 is 1.48 bits per heavy atom. The summed E-state index contributed by atoms with van der Waals surface area (Å²) in [4.78, 5) is 0. The van der Waals surface area contributed by atoms with E-state index in [0.29, 0.717) is 18.8 Å². The van der Waals surface area contributed by atoms with Gasteiger partial charge in [0.1, 0.15) is 29.6 Å². The molecule has 208 valence electrons. The molecule has 4 heteroatoms. The number of allylic oxidation sites excluding steroid dienone is 1. The highest BCUT2D eigenvalue weighted by molar-refractivity contribution is 5.45. The third-order valence-electron chi connectivity index (χ3n) is 7.29. The molecule has 0 heterocycles. The molecule has 4 rings (SSSR count). The van der Waals surface area contributed by atoms with Crippen molar-refractivity contribution in [1.82, 2.24) is 0 Å². The van der Waals surface area contributed by atoms with Crippen molar-refractivity contribution in [3.05, 3.63) is 144 Å². The first kappa shape index (κ1) is 30.1. The van der Waals surface area contributed by atoms with Gasteiger partial charge >= 0.3 is 0 Å². The predicted molar refractivity (Wildman–Crippen MR) is 165 cm³/mol. The SMILES string of the molecule is C=CCOc1ccc(C(C)(C)c2ccc(O)cc2)cc1.C=CCc1cc(C(C)(C)c2ccc(O)cc2)ccc1O. The second-order valence-corrected chi connectivity index (χ2v) is 10.8. The average Bonchev–Trinajstić information content (AvgIpc) is 2.94. The van der Waals surface area contributed by atoms with Gasteiger partial charge in [-0.2, -0.15) is 0 Å². The molecule has 0 saturated carbocycles. The molecule has 4 nitrogen and oxygen atoms in total. The van der Waals surface area contributed by atoms with Crippen molar-refractivity contribution in [2.45, 2.75) is 44.9 Å². The fourth-order valence-corrected chi connectivity index (χ4v) is 4.51. The largest absolute Gasteiger partial charge is 0.508 e. The van der Waals surface area contributed by atoms with E-state index in [9.17, 15) is 15.3 Å². The summed E-state index contributed by atoms with van der Waals surface area (Å²) in [5.74, 6) is 1.70. The van der Waals surface area contributed by atoms with Gasteiger partial charge in [0.25, 0.3) is 0 Å². The van der Waals surface area contributed by atoms with Crippen LogP contribution in [0.1, 0.15) is 55.5 Å². The van der Waals surface area contributed by atoms with Crippen LogP contribution in [0.4, 0.5) is 0 Å². The molecule has 40 heavy (non-hydrogen) atoms. The van der Waals surface area contributed by atoms with Crippen LogP contribution in [0, 0.1) is 0 Å². The molecular weight excluding hydrogens is 496 g/mol. The number of phenolic OH excluding ortho intramolecular Hbond substituents is 3. The maximum Gasteiger partial charge on any atom is 0.119 e. The molecule has 0 aromatic heterocycles. The second-order valence-electron chi connectivity index (χ2n) is 10.8. The Labute approximate surface area is 238 Å². The Morgan fingerprint density at radius 2 is 1.02 bits per heavy atom. The Balaban J connectivity index is 0.000000220. The van der Waals surface area contributed by atoms with Gasteiger partial charge < -0.3 is 20.1 Å². The number of rotatable bonds is 9. The van der Waals surface area contributed by atoms with Gasteiger partial charge in [-0.1, -0.05) is 95.0 Å². The summed E-state index contributed by atoms with van der Waals surface area (Å²) in [5.41, 5.74) is 5.17. The fourth-order valence-electron chi connectivity index (χ4n) is 4.51. The van der Waals surface area contributed by atoms with E-state index < -0.39 is 0 Å². The third-order valence-corrected chi connectivity index (χ3v) is 7.29. The summed E-state index contributed by atoms with van der Waals surface area (Å²) in [7, 11) is 0. The predicted octanol–water partition coefficient (Wildman–Crippen LogP) is 8.44. The normalized spacial score (nSPS) is 11.2. The summed E-state index contributed by atoms with van der Waals surface area (Å²) < 4.78 is 5.49. The summed E-state index contributed by atoms with van der Waals surface area (Å²) >= 11 is 0. The topological polar surface area (TPSA) is 69.9 Å². The molecule has 0 unspecified atom stereocenters. The minimum atomic E-state index is -0.197. The lowest BCUT2D eigenvalue weighted by molar-refractivity contribution is 0.363. The van der Waals surface area contributed by atoms with Crippen molar-refractivity contribution in [1.29, 1.82) is 0 Å². The molecule has 0 amide bonds. The van der Waals surface area contributed by atoms with Crippen LogP contribution < -0.4 is 4.74 Å². The van der Waals surface area contributed by atoms with E-state index >= 15 is 0 Å². The lowest BCUT2D eigenvalue weighted by Gasteiger charge is -2.27. The Hall–Kier alpha value is -4.44. The highest BCUT2D eigenvalue weighted by Gasteiger charge is 2.24. The van der Waals surface area contributed by atoms with Crippen LogP contribution in [0.25, 0.3) is 0 Å². The van der Waals surface area contributed by atoms with Gasteiger partial charge in [-0.05, 0) is 76.7 Å². The van der Waals surface area contributed by atoms with Crippen LogP contribution in [0.15, 0.2) is 116 Å². The Morgan fingerprint density at radius 1 is 0.600 bits per heavy atom. The van der Waals surface area contributed by atoms with Crippen LogP contribution in [-0.4, -0.2) is 21.9 Å². The number of hydrogen-bond acceptors (Lipinski definition) is 4. The maximum absolute atomic E-state index is 9.86. The highest BCUT2D eigenvalue weighted by Crippen LogP contribution is 2.35. The van der Waals surface area contributed by atoms with E-state index in [1.165, 1.54) is 5.56 Å². The van der Waals surface area contributed by atoms with Gasteiger partial charge in [0.05, 0.1) is 0 Å². The minimum absolute atomic E-state index is 0.120. The first-order valence-electron chi connectivity index (χ1n) is 13.4. The van der Waals surface area contributed by atoms with Gasteiger partial charge in [-0.3, -0.25) is 0 Å². The van der Waals surface area contributed by atoms with E-state index in [0.717, 1.165) is 28.0 Å². The number of ether oxygens (including phenoxy) is 1.